The minimum Gasteiger partial charge on any atom is -0.486 e. The molecule has 0 radical (unpaired) electrons. The predicted octanol–water partition coefficient (Wildman–Crippen LogP) is 4.36. The number of benzene rings is 2. The molecule has 2 aromatic heterocycles. The van der Waals surface area contributed by atoms with Crippen molar-refractivity contribution < 1.29 is 18.7 Å². The number of hydrogen-bond acceptors (Lipinski definition) is 6. The molecule has 1 aliphatic heterocycles. The molecular weight excluding hydrogens is 444 g/mol. The van der Waals surface area contributed by atoms with Crippen molar-refractivity contribution >= 4 is 34.1 Å². The van der Waals surface area contributed by atoms with Gasteiger partial charge in [-0.05, 0) is 60.0 Å². The van der Waals surface area contributed by atoms with E-state index in [1.807, 2.05) is 53.4 Å². The van der Waals surface area contributed by atoms with Crippen molar-refractivity contribution in [2.75, 3.05) is 23.3 Å². The van der Waals surface area contributed by atoms with Gasteiger partial charge in [0.2, 0.25) is 5.91 Å². The van der Waals surface area contributed by atoms with Crippen LogP contribution in [-0.4, -0.2) is 29.9 Å². The highest BCUT2D eigenvalue weighted by atomic mass is 16.5. The van der Waals surface area contributed by atoms with Crippen LogP contribution in [0.5, 0.6) is 5.75 Å². The number of pyridine rings is 1. The number of anilines is 2. The van der Waals surface area contributed by atoms with Crippen LogP contribution in [0.3, 0.4) is 0 Å². The van der Waals surface area contributed by atoms with Crippen LogP contribution in [0.15, 0.2) is 77.3 Å². The Balaban J connectivity index is 1.17. The number of furan rings is 1. The maximum Gasteiger partial charge on any atom is 0.291 e. The number of fused-ring (bicyclic) bond motifs is 1. The molecule has 4 aromatic rings. The Morgan fingerprint density at radius 3 is 2.74 bits per heavy atom. The fourth-order valence-electron chi connectivity index (χ4n) is 4.25. The standard InChI is InChI=1S/C27H26N4O4/c28-26(32)20-6-3-13-31(16-20)25-12-8-21(15-29-25)30-27(33)24-11-10-23(35-24)17-34-22-9-7-18-4-1-2-5-19(18)14-22/h1-2,4-5,7-12,14-15,20H,3,6,13,16-17H2,(H2,28,32)(H,30,33). The Morgan fingerprint density at radius 1 is 1.09 bits per heavy atom. The molecule has 0 bridgehead atoms. The second-order valence-electron chi connectivity index (χ2n) is 8.61. The van der Waals surface area contributed by atoms with Gasteiger partial charge in [0.05, 0.1) is 17.8 Å². The molecule has 8 nitrogen and oxygen atoms in total. The number of piperidine rings is 1. The van der Waals surface area contributed by atoms with Crippen LogP contribution >= 0.6 is 0 Å². The summed E-state index contributed by atoms with van der Waals surface area (Å²) in [4.78, 5) is 30.6. The van der Waals surface area contributed by atoms with Gasteiger partial charge < -0.3 is 25.1 Å². The zero-order valence-electron chi connectivity index (χ0n) is 19.1. The maximum absolute atomic E-state index is 12.6. The number of nitrogens with one attached hydrogen (secondary N) is 1. The van der Waals surface area contributed by atoms with Crippen LogP contribution < -0.4 is 20.7 Å². The van der Waals surface area contributed by atoms with Gasteiger partial charge in [0, 0.05) is 13.1 Å². The lowest BCUT2D eigenvalue weighted by Crippen LogP contribution is -2.41. The first-order valence-corrected chi connectivity index (χ1v) is 11.6. The van der Waals surface area contributed by atoms with Crippen molar-refractivity contribution in [3.05, 3.63) is 84.4 Å². The van der Waals surface area contributed by atoms with E-state index in [2.05, 4.69) is 10.3 Å². The van der Waals surface area contributed by atoms with E-state index in [1.165, 1.54) is 0 Å². The molecule has 1 unspecified atom stereocenters. The van der Waals surface area contributed by atoms with Crippen LogP contribution in [0.2, 0.25) is 0 Å². The molecule has 8 heteroatoms. The Morgan fingerprint density at radius 2 is 1.94 bits per heavy atom. The van der Waals surface area contributed by atoms with Gasteiger partial charge in [-0.15, -0.1) is 0 Å². The fraction of sp³-hybridized carbons (Fsp3) is 0.222. The number of primary amides is 1. The molecule has 0 saturated carbocycles. The molecule has 3 N–H and O–H groups in total. The zero-order valence-corrected chi connectivity index (χ0v) is 19.1. The number of nitrogens with zero attached hydrogens (tertiary/aromatic N) is 2. The van der Waals surface area contributed by atoms with Crippen LogP contribution in [0.4, 0.5) is 11.5 Å². The predicted molar refractivity (Wildman–Crippen MR) is 133 cm³/mol. The number of carbonyl (C=O) groups excluding carboxylic acids is 2. The number of hydrogen-bond donors (Lipinski definition) is 2. The van der Waals surface area contributed by atoms with E-state index in [0.717, 1.165) is 41.7 Å². The number of carbonyl (C=O) groups is 2. The van der Waals surface area contributed by atoms with E-state index in [4.69, 9.17) is 14.9 Å². The Kier molecular flexibility index (Phi) is 6.34. The molecule has 178 valence electrons. The zero-order chi connectivity index (χ0) is 24.2. The second kappa shape index (κ2) is 9.89. The molecule has 2 amide bonds. The first-order chi connectivity index (χ1) is 17.0. The highest BCUT2D eigenvalue weighted by molar-refractivity contribution is 6.02. The number of nitrogens with two attached hydrogens (primary N) is 1. The van der Waals surface area contributed by atoms with E-state index < -0.39 is 0 Å². The average Bonchev–Trinajstić information content (AvgIpc) is 3.37. The summed E-state index contributed by atoms with van der Waals surface area (Å²) < 4.78 is 11.5. The lowest BCUT2D eigenvalue weighted by molar-refractivity contribution is -0.122. The quantitative estimate of drug-likeness (QED) is 0.415. The summed E-state index contributed by atoms with van der Waals surface area (Å²) >= 11 is 0. The van der Waals surface area contributed by atoms with Gasteiger partial charge in [0.25, 0.3) is 5.91 Å². The minimum absolute atomic E-state index is 0.164. The molecule has 1 saturated heterocycles. The summed E-state index contributed by atoms with van der Waals surface area (Å²) in [6, 6.07) is 20.9. The second-order valence-corrected chi connectivity index (χ2v) is 8.61. The SMILES string of the molecule is NC(=O)C1CCCN(c2ccc(NC(=O)c3ccc(COc4ccc5ccccc5c4)o3)cn2)C1. The molecule has 1 aliphatic rings. The highest BCUT2D eigenvalue weighted by Crippen LogP contribution is 2.24. The van der Waals surface area contributed by atoms with Crippen molar-refractivity contribution in [3.8, 4) is 5.75 Å². The summed E-state index contributed by atoms with van der Waals surface area (Å²) in [6.07, 6.45) is 3.28. The first kappa shape index (κ1) is 22.5. The summed E-state index contributed by atoms with van der Waals surface area (Å²) in [5.74, 6) is 1.40. The monoisotopic (exact) mass is 470 g/mol. The van der Waals surface area contributed by atoms with Crippen LogP contribution in [-0.2, 0) is 11.4 Å². The Hall–Kier alpha value is -4.33. The van der Waals surface area contributed by atoms with Crippen molar-refractivity contribution in [3.63, 3.8) is 0 Å². The van der Waals surface area contributed by atoms with E-state index in [9.17, 15) is 9.59 Å². The van der Waals surface area contributed by atoms with Gasteiger partial charge in [-0.25, -0.2) is 4.98 Å². The van der Waals surface area contributed by atoms with Crippen molar-refractivity contribution in [1.82, 2.24) is 4.98 Å². The van der Waals surface area contributed by atoms with Gasteiger partial charge in [-0.3, -0.25) is 9.59 Å². The third kappa shape index (κ3) is 5.27. The van der Waals surface area contributed by atoms with Crippen LogP contribution in [0, 0.1) is 5.92 Å². The minimum atomic E-state index is -0.372. The molecule has 0 spiro atoms. The lowest BCUT2D eigenvalue weighted by Gasteiger charge is -2.32. The highest BCUT2D eigenvalue weighted by Gasteiger charge is 2.24. The Labute approximate surface area is 202 Å². The van der Waals surface area contributed by atoms with Crippen molar-refractivity contribution in [2.24, 2.45) is 11.7 Å². The van der Waals surface area contributed by atoms with Crippen molar-refractivity contribution in [1.29, 1.82) is 0 Å². The normalized spacial score (nSPS) is 15.7. The summed E-state index contributed by atoms with van der Waals surface area (Å²) in [7, 11) is 0. The fourth-order valence-corrected chi connectivity index (χ4v) is 4.25. The van der Waals surface area contributed by atoms with E-state index >= 15 is 0 Å². The summed E-state index contributed by atoms with van der Waals surface area (Å²) in [5.41, 5.74) is 6.01. The molecule has 1 atom stereocenters. The molecule has 0 aliphatic carbocycles. The maximum atomic E-state index is 12.6. The molecule has 2 aromatic carbocycles. The van der Waals surface area contributed by atoms with Crippen LogP contribution in [0.25, 0.3) is 10.8 Å². The Bertz CT molecular complexity index is 1350. The van der Waals surface area contributed by atoms with Gasteiger partial charge in [-0.1, -0.05) is 30.3 Å². The largest absolute Gasteiger partial charge is 0.486 e. The van der Waals surface area contributed by atoms with Gasteiger partial charge >= 0.3 is 0 Å². The molecule has 1 fully saturated rings. The van der Waals surface area contributed by atoms with E-state index in [1.54, 1.807) is 24.4 Å². The smallest absolute Gasteiger partial charge is 0.291 e. The van der Waals surface area contributed by atoms with Crippen molar-refractivity contribution in [2.45, 2.75) is 19.4 Å². The topological polar surface area (TPSA) is 111 Å². The first-order valence-electron chi connectivity index (χ1n) is 11.6. The van der Waals surface area contributed by atoms with Gasteiger partial charge in [0.1, 0.15) is 23.9 Å². The number of amides is 2. The van der Waals surface area contributed by atoms with E-state index in [0.29, 0.717) is 18.0 Å². The molecule has 5 rings (SSSR count). The van der Waals surface area contributed by atoms with Gasteiger partial charge in [0.15, 0.2) is 5.76 Å². The third-order valence-electron chi connectivity index (χ3n) is 6.14. The number of rotatable bonds is 7. The van der Waals surface area contributed by atoms with E-state index in [-0.39, 0.29) is 30.1 Å². The number of aromatic nitrogens is 1. The molecule has 35 heavy (non-hydrogen) atoms. The summed E-state index contributed by atoms with van der Waals surface area (Å²) in [6.45, 7) is 1.59. The van der Waals surface area contributed by atoms with Gasteiger partial charge in [-0.2, -0.15) is 0 Å². The average molecular weight is 471 g/mol. The summed E-state index contributed by atoms with van der Waals surface area (Å²) in [5, 5.41) is 5.03. The molecule has 3 heterocycles. The number of ether oxygens (including phenoxy) is 1. The molecular formula is C27H26N4O4. The lowest BCUT2D eigenvalue weighted by atomic mass is 9.97. The third-order valence-corrected chi connectivity index (χ3v) is 6.14. The van der Waals surface area contributed by atoms with Crippen LogP contribution in [0.1, 0.15) is 29.2 Å².